The standard InChI is InChI=1S/C17H26N6.HI/c1-4-16-22-20-13-23(16)11-10-18-17(21-14(2)3)19-12-15-8-6-5-7-9-15;/h5-9,13-14H,4,10-12H2,1-3H3,(H2,18,19,21);1H. The molecular weight excluding hydrogens is 415 g/mol. The lowest BCUT2D eigenvalue weighted by molar-refractivity contribution is 0.622. The van der Waals surface area contributed by atoms with Gasteiger partial charge < -0.3 is 15.2 Å². The Morgan fingerprint density at radius 1 is 1.25 bits per heavy atom. The van der Waals surface area contributed by atoms with Crippen molar-refractivity contribution in [2.45, 2.75) is 46.3 Å². The summed E-state index contributed by atoms with van der Waals surface area (Å²) in [5.74, 6) is 1.83. The van der Waals surface area contributed by atoms with E-state index in [1.165, 1.54) is 5.56 Å². The summed E-state index contributed by atoms with van der Waals surface area (Å²) in [6.45, 7) is 8.55. The van der Waals surface area contributed by atoms with Gasteiger partial charge >= 0.3 is 0 Å². The number of nitrogens with zero attached hydrogens (tertiary/aromatic N) is 4. The molecular formula is C17H27IN6. The van der Waals surface area contributed by atoms with E-state index in [0.717, 1.165) is 31.3 Å². The van der Waals surface area contributed by atoms with Crippen LogP contribution >= 0.6 is 24.0 Å². The predicted octanol–water partition coefficient (Wildman–Crippen LogP) is 2.60. The quantitative estimate of drug-likeness (QED) is 0.393. The van der Waals surface area contributed by atoms with Gasteiger partial charge in [0.25, 0.3) is 0 Å². The number of aryl methyl sites for hydroxylation is 1. The lowest BCUT2D eigenvalue weighted by atomic mass is 10.2. The molecule has 24 heavy (non-hydrogen) atoms. The highest BCUT2D eigenvalue weighted by atomic mass is 127. The van der Waals surface area contributed by atoms with E-state index in [9.17, 15) is 0 Å². The summed E-state index contributed by atoms with van der Waals surface area (Å²) < 4.78 is 2.07. The van der Waals surface area contributed by atoms with Crippen LogP contribution in [-0.4, -0.2) is 33.3 Å². The highest BCUT2D eigenvalue weighted by Gasteiger charge is 2.04. The number of benzene rings is 1. The van der Waals surface area contributed by atoms with Crippen LogP contribution in [0.3, 0.4) is 0 Å². The lowest BCUT2D eigenvalue weighted by Crippen LogP contribution is -2.42. The van der Waals surface area contributed by atoms with Crippen molar-refractivity contribution < 1.29 is 0 Å². The summed E-state index contributed by atoms with van der Waals surface area (Å²) in [6.07, 6.45) is 2.66. The van der Waals surface area contributed by atoms with Crippen molar-refractivity contribution in [1.82, 2.24) is 25.4 Å². The van der Waals surface area contributed by atoms with Gasteiger partial charge in [0.15, 0.2) is 5.96 Å². The van der Waals surface area contributed by atoms with Gasteiger partial charge in [-0.2, -0.15) is 0 Å². The van der Waals surface area contributed by atoms with Crippen molar-refractivity contribution in [2.24, 2.45) is 4.99 Å². The van der Waals surface area contributed by atoms with Crippen molar-refractivity contribution in [1.29, 1.82) is 0 Å². The molecule has 0 bridgehead atoms. The van der Waals surface area contributed by atoms with E-state index in [1.807, 2.05) is 18.2 Å². The molecule has 6 nitrogen and oxygen atoms in total. The molecule has 7 heteroatoms. The van der Waals surface area contributed by atoms with Crippen molar-refractivity contribution in [3.05, 3.63) is 48.0 Å². The van der Waals surface area contributed by atoms with Crippen LogP contribution in [-0.2, 0) is 19.5 Å². The number of hydrogen-bond donors (Lipinski definition) is 2. The average molecular weight is 442 g/mol. The molecule has 1 heterocycles. The minimum absolute atomic E-state index is 0. The zero-order chi connectivity index (χ0) is 16.5. The molecule has 0 aliphatic rings. The van der Waals surface area contributed by atoms with Gasteiger partial charge in [0.05, 0.1) is 6.54 Å². The molecule has 2 rings (SSSR count). The van der Waals surface area contributed by atoms with Crippen LogP contribution < -0.4 is 10.6 Å². The molecule has 0 unspecified atom stereocenters. The second-order valence-electron chi connectivity index (χ2n) is 5.67. The number of guanidine groups is 1. The summed E-state index contributed by atoms with van der Waals surface area (Å²) >= 11 is 0. The van der Waals surface area contributed by atoms with Gasteiger partial charge in [0.2, 0.25) is 0 Å². The van der Waals surface area contributed by atoms with E-state index in [4.69, 9.17) is 0 Å². The van der Waals surface area contributed by atoms with Crippen molar-refractivity contribution in [2.75, 3.05) is 6.54 Å². The van der Waals surface area contributed by atoms with Crippen LogP contribution in [0.15, 0.2) is 41.7 Å². The molecule has 0 saturated carbocycles. The maximum absolute atomic E-state index is 4.65. The molecule has 0 aliphatic carbocycles. The third-order valence-corrected chi connectivity index (χ3v) is 3.35. The first-order valence-corrected chi connectivity index (χ1v) is 8.14. The van der Waals surface area contributed by atoms with E-state index >= 15 is 0 Å². The number of hydrogen-bond acceptors (Lipinski definition) is 3. The summed E-state index contributed by atoms with van der Waals surface area (Å²) in [5.41, 5.74) is 1.20. The Kier molecular flexibility index (Phi) is 9.36. The number of aromatic nitrogens is 3. The van der Waals surface area contributed by atoms with Gasteiger partial charge in [-0.3, -0.25) is 0 Å². The van der Waals surface area contributed by atoms with Gasteiger partial charge in [0.1, 0.15) is 12.2 Å². The third kappa shape index (κ3) is 6.86. The van der Waals surface area contributed by atoms with Gasteiger partial charge in [-0.05, 0) is 19.4 Å². The first-order chi connectivity index (χ1) is 11.2. The van der Waals surface area contributed by atoms with Crippen LogP contribution in [0.1, 0.15) is 32.2 Å². The second kappa shape index (κ2) is 11.0. The monoisotopic (exact) mass is 442 g/mol. The molecule has 0 atom stereocenters. The van der Waals surface area contributed by atoms with E-state index in [-0.39, 0.29) is 24.0 Å². The highest BCUT2D eigenvalue weighted by Crippen LogP contribution is 2.00. The van der Waals surface area contributed by atoms with Crippen LogP contribution in [0.2, 0.25) is 0 Å². The van der Waals surface area contributed by atoms with Crippen LogP contribution in [0.4, 0.5) is 0 Å². The first-order valence-electron chi connectivity index (χ1n) is 8.14. The largest absolute Gasteiger partial charge is 0.355 e. The Bertz CT molecular complexity index is 609. The van der Waals surface area contributed by atoms with Gasteiger partial charge in [0, 0.05) is 25.6 Å². The Balaban J connectivity index is 0.00000288. The normalized spacial score (nSPS) is 11.2. The molecule has 2 aromatic rings. The maximum atomic E-state index is 4.65. The van der Waals surface area contributed by atoms with Gasteiger partial charge in [-0.1, -0.05) is 37.3 Å². The average Bonchev–Trinajstić information content (AvgIpc) is 3.00. The smallest absolute Gasteiger partial charge is 0.191 e. The van der Waals surface area contributed by atoms with Crippen LogP contribution in [0.25, 0.3) is 0 Å². The van der Waals surface area contributed by atoms with Crippen molar-refractivity contribution >= 4 is 29.9 Å². The molecule has 132 valence electrons. The fourth-order valence-electron chi connectivity index (χ4n) is 2.21. The second-order valence-corrected chi connectivity index (χ2v) is 5.67. The number of aliphatic imine (C=N–C) groups is 1. The fraction of sp³-hybridized carbons (Fsp3) is 0.471. The summed E-state index contributed by atoms with van der Waals surface area (Å²) in [5, 5.41) is 14.8. The molecule has 0 amide bonds. The van der Waals surface area contributed by atoms with E-state index in [1.54, 1.807) is 6.33 Å². The molecule has 0 saturated heterocycles. The molecule has 0 spiro atoms. The molecule has 0 radical (unpaired) electrons. The van der Waals surface area contributed by atoms with Crippen LogP contribution in [0.5, 0.6) is 0 Å². The minimum Gasteiger partial charge on any atom is -0.355 e. The Hall–Kier alpha value is -1.64. The SMILES string of the molecule is CCc1nncn1CCNC(=NCc1ccccc1)NC(C)C.I. The minimum atomic E-state index is 0. The van der Waals surface area contributed by atoms with Crippen molar-refractivity contribution in [3.63, 3.8) is 0 Å². The van der Waals surface area contributed by atoms with Gasteiger partial charge in [-0.25, -0.2) is 4.99 Å². The summed E-state index contributed by atoms with van der Waals surface area (Å²) in [4.78, 5) is 4.65. The first kappa shape index (κ1) is 20.4. The molecule has 1 aromatic heterocycles. The van der Waals surface area contributed by atoms with Crippen LogP contribution in [0, 0.1) is 0 Å². The van der Waals surface area contributed by atoms with E-state index < -0.39 is 0 Å². The molecule has 0 fully saturated rings. The maximum Gasteiger partial charge on any atom is 0.191 e. The van der Waals surface area contributed by atoms with Crippen molar-refractivity contribution in [3.8, 4) is 0 Å². The molecule has 1 aromatic carbocycles. The Morgan fingerprint density at radius 2 is 2.00 bits per heavy atom. The Labute approximate surface area is 161 Å². The highest BCUT2D eigenvalue weighted by molar-refractivity contribution is 14.0. The molecule has 2 N–H and O–H groups in total. The topological polar surface area (TPSA) is 67.1 Å². The number of nitrogens with one attached hydrogen (secondary N) is 2. The lowest BCUT2D eigenvalue weighted by Gasteiger charge is -2.15. The number of rotatable bonds is 7. The van der Waals surface area contributed by atoms with Gasteiger partial charge in [-0.15, -0.1) is 34.2 Å². The summed E-state index contributed by atoms with van der Waals surface area (Å²) in [7, 11) is 0. The molecule has 0 aliphatic heterocycles. The zero-order valence-electron chi connectivity index (χ0n) is 14.6. The van der Waals surface area contributed by atoms with E-state index in [0.29, 0.717) is 12.6 Å². The van der Waals surface area contributed by atoms with E-state index in [2.05, 4.69) is 63.3 Å². The summed E-state index contributed by atoms with van der Waals surface area (Å²) in [6, 6.07) is 10.6. The zero-order valence-corrected chi connectivity index (χ0v) is 16.9. The third-order valence-electron chi connectivity index (χ3n) is 3.35. The fourth-order valence-corrected chi connectivity index (χ4v) is 2.21. The number of halogens is 1. The predicted molar refractivity (Wildman–Crippen MR) is 109 cm³/mol. The Morgan fingerprint density at radius 3 is 2.67 bits per heavy atom.